The van der Waals surface area contributed by atoms with Crippen molar-refractivity contribution in [2.24, 2.45) is 4.99 Å². The van der Waals surface area contributed by atoms with Crippen LogP contribution in [0.1, 0.15) is 46.0 Å². The Hall–Kier alpha value is -0.850. The average Bonchev–Trinajstić information content (AvgIpc) is 3.31. The van der Waals surface area contributed by atoms with Gasteiger partial charge in [0.2, 0.25) is 0 Å². The maximum Gasteiger partial charge on any atom is 0.191 e. The normalized spacial score (nSPS) is 27.8. The van der Waals surface area contributed by atoms with Crippen molar-refractivity contribution in [1.29, 1.82) is 0 Å². The molecule has 2 heterocycles. The molecule has 0 amide bonds. The molecule has 0 aromatic carbocycles. The van der Waals surface area contributed by atoms with E-state index in [9.17, 15) is 0 Å². The van der Waals surface area contributed by atoms with E-state index in [2.05, 4.69) is 39.3 Å². The fraction of sp³-hybridized carbons (Fsp3) is 0.947. The summed E-state index contributed by atoms with van der Waals surface area (Å²) in [6.07, 6.45) is 6.85. The van der Waals surface area contributed by atoms with Gasteiger partial charge < -0.3 is 15.4 Å². The van der Waals surface area contributed by atoms with Gasteiger partial charge in [0, 0.05) is 57.4 Å². The molecule has 3 rings (SSSR count). The smallest absolute Gasteiger partial charge is 0.191 e. The number of nitrogens with zero attached hydrogens (tertiary/aromatic N) is 3. The van der Waals surface area contributed by atoms with E-state index in [0.717, 1.165) is 51.4 Å². The summed E-state index contributed by atoms with van der Waals surface area (Å²) in [4.78, 5) is 9.65. The molecule has 3 aliphatic rings. The van der Waals surface area contributed by atoms with E-state index in [4.69, 9.17) is 4.74 Å². The Bertz CT molecular complexity index is 441. The van der Waals surface area contributed by atoms with E-state index in [1.165, 1.54) is 38.6 Å². The van der Waals surface area contributed by atoms with E-state index in [-0.39, 0.29) is 5.54 Å². The third-order valence-electron chi connectivity index (χ3n) is 6.18. The fourth-order valence-electron chi connectivity index (χ4n) is 4.47. The predicted octanol–water partition coefficient (Wildman–Crippen LogP) is 1.28. The number of nitrogens with one attached hydrogen (secondary N) is 2. The van der Waals surface area contributed by atoms with Crippen molar-refractivity contribution in [3.63, 3.8) is 0 Å². The largest absolute Gasteiger partial charge is 0.379 e. The summed E-state index contributed by atoms with van der Waals surface area (Å²) in [5, 5.41) is 7.20. The molecule has 0 aromatic heterocycles. The summed E-state index contributed by atoms with van der Waals surface area (Å²) in [7, 11) is 1.88. The highest BCUT2D eigenvalue weighted by Gasteiger charge is 2.31. The second kappa shape index (κ2) is 8.69. The molecule has 2 saturated heterocycles. The van der Waals surface area contributed by atoms with Crippen LogP contribution in [0.2, 0.25) is 0 Å². The average molecular weight is 352 g/mol. The van der Waals surface area contributed by atoms with Gasteiger partial charge in [0.25, 0.3) is 0 Å². The molecule has 1 atom stereocenters. The molecule has 0 spiro atoms. The molecule has 0 bridgehead atoms. The van der Waals surface area contributed by atoms with Crippen LogP contribution in [-0.2, 0) is 4.74 Å². The molecule has 25 heavy (non-hydrogen) atoms. The minimum absolute atomic E-state index is 0.104. The first-order valence-corrected chi connectivity index (χ1v) is 10.1. The van der Waals surface area contributed by atoms with Crippen LogP contribution in [-0.4, -0.2) is 86.4 Å². The molecule has 2 N–H and O–H groups in total. The molecule has 1 unspecified atom stereocenters. The number of ether oxygens (including phenoxy) is 1. The van der Waals surface area contributed by atoms with Crippen molar-refractivity contribution < 1.29 is 4.74 Å². The number of morpholine rings is 1. The van der Waals surface area contributed by atoms with Crippen LogP contribution < -0.4 is 10.6 Å². The first-order chi connectivity index (χ1) is 12.1. The maximum atomic E-state index is 5.48. The molecule has 6 nitrogen and oxygen atoms in total. The molecule has 0 radical (unpaired) electrons. The monoisotopic (exact) mass is 351 g/mol. The van der Waals surface area contributed by atoms with Gasteiger partial charge in [-0.25, -0.2) is 0 Å². The highest BCUT2D eigenvalue weighted by atomic mass is 16.5. The standard InChI is InChI=1S/C19H37N5O/c1-19(2,24-10-12-25-13-11-24)15-21-18(20-3)22-16-8-9-23(14-16)17-6-4-5-7-17/h16-17H,4-15H2,1-3H3,(H2,20,21,22). The van der Waals surface area contributed by atoms with E-state index < -0.39 is 0 Å². The van der Waals surface area contributed by atoms with Crippen LogP contribution in [0.3, 0.4) is 0 Å². The Morgan fingerprint density at radius 1 is 1.12 bits per heavy atom. The molecule has 144 valence electrons. The van der Waals surface area contributed by atoms with Gasteiger partial charge in [0.1, 0.15) is 0 Å². The van der Waals surface area contributed by atoms with E-state index in [1.54, 1.807) is 0 Å². The van der Waals surface area contributed by atoms with E-state index in [0.29, 0.717) is 6.04 Å². The van der Waals surface area contributed by atoms with Crippen molar-refractivity contribution in [2.45, 2.75) is 63.6 Å². The van der Waals surface area contributed by atoms with Crippen LogP contribution in [0, 0.1) is 0 Å². The van der Waals surface area contributed by atoms with Gasteiger partial charge in [-0.1, -0.05) is 12.8 Å². The van der Waals surface area contributed by atoms with Gasteiger partial charge in [-0.15, -0.1) is 0 Å². The Balaban J connectivity index is 1.43. The lowest BCUT2D eigenvalue weighted by atomic mass is 10.0. The minimum Gasteiger partial charge on any atom is -0.379 e. The Labute approximate surface area is 153 Å². The van der Waals surface area contributed by atoms with Crippen molar-refractivity contribution in [2.75, 3.05) is 53.0 Å². The lowest BCUT2D eigenvalue weighted by Crippen LogP contribution is -2.57. The molecule has 1 aliphatic carbocycles. The van der Waals surface area contributed by atoms with Gasteiger partial charge in [-0.05, 0) is 33.1 Å². The lowest BCUT2D eigenvalue weighted by Gasteiger charge is -2.41. The van der Waals surface area contributed by atoms with Crippen LogP contribution in [0.15, 0.2) is 4.99 Å². The summed E-state index contributed by atoms with van der Waals surface area (Å²) < 4.78 is 5.48. The number of hydrogen-bond donors (Lipinski definition) is 2. The van der Waals surface area contributed by atoms with Crippen LogP contribution in [0.5, 0.6) is 0 Å². The van der Waals surface area contributed by atoms with Gasteiger partial charge >= 0.3 is 0 Å². The highest BCUT2D eigenvalue weighted by molar-refractivity contribution is 5.80. The molecular weight excluding hydrogens is 314 g/mol. The van der Waals surface area contributed by atoms with E-state index >= 15 is 0 Å². The highest BCUT2D eigenvalue weighted by Crippen LogP contribution is 2.26. The zero-order chi connectivity index (χ0) is 17.7. The third kappa shape index (κ3) is 5.08. The fourth-order valence-corrected chi connectivity index (χ4v) is 4.47. The van der Waals surface area contributed by atoms with Gasteiger partial charge in [-0.3, -0.25) is 14.8 Å². The lowest BCUT2D eigenvalue weighted by molar-refractivity contribution is -0.00834. The zero-order valence-corrected chi connectivity index (χ0v) is 16.4. The quantitative estimate of drug-likeness (QED) is 0.577. The Kier molecular flexibility index (Phi) is 6.58. The van der Waals surface area contributed by atoms with Crippen LogP contribution >= 0.6 is 0 Å². The second-order valence-corrected chi connectivity index (χ2v) is 8.40. The van der Waals surface area contributed by atoms with Crippen molar-refractivity contribution >= 4 is 5.96 Å². The first kappa shape index (κ1) is 18.9. The number of rotatable bonds is 5. The minimum atomic E-state index is 0.104. The molecule has 3 fully saturated rings. The Morgan fingerprint density at radius 2 is 1.84 bits per heavy atom. The molecule has 6 heteroatoms. The third-order valence-corrected chi connectivity index (χ3v) is 6.18. The van der Waals surface area contributed by atoms with E-state index in [1.807, 2.05) is 7.05 Å². The summed E-state index contributed by atoms with van der Waals surface area (Å²) >= 11 is 0. The van der Waals surface area contributed by atoms with Crippen LogP contribution in [0.4, 0.5) is 0 Å². The zero-order valence-electron chi connectivity index (χ0n) is 16.4. The first-order valence-electron chi connectivity index (χ1n) is 10.1. The van der Waals surface area contributed by atoms with Gasteiger partial charge in [0.05, 0.1) is 13.2 Å². The summed E-state index contributed by atoms with van der Waals surface area (Å²) in [5.74, 6) is 0.944. The van der Waals surface area contributed by atoms with Crippen LogP contribution in [0.25, 0.3) is 0 Å². The number of likely N-dealkylation sites (tertiary alicyclic amines) is 1. The van der Waals surface area contributed by atoms with Crippen molar-refractivity contribution in [3.05, 3.63) is 0 Å². The second-order valence-electron chi connectivity index (χ2n) is 8.40. The molecular formula is C19H37N5O. The number of aliphatic imine (C=N–C) groups is 1. The van der Waals surface area contributed by atoms with Crippen molar-refractivity contribution in [1.82, 2.24) is 20.4 Å². The van der Waals surface area contributed by atoms with Gasteiger partial charge in [0.15, 0.2) is 5.96 Å². The molecule has 0 aromatic rings. The summed E-state index contributed by atoms with van der Waals surface area (Å²) in [6, 6.07) is 1.36. The summed E-state index contributed by atoms with van der Waals surface area (Å²) in [6.45, 7) is 11.6. The predicted molar refractivity (Wildman–Crippen MR) is 103 cm³/mol. The van der Waals surface area contributed by atoms with Gasteiger partial charge in [-0.2, -0.15) is 0 Å². The Morgan fingerprint density at radius 3 is 2.52 bits per heavy atom. The number of guanidine groups is 1. The topological polar surface area (TPSA) is 52.1 Å². The molecule has 2 aliphatic heterocycles. The molecule has 1 saturated carbocycles. The van der Waals surface area contributed by atoms with Crippen molar-refractivity contribution in [3.8, 4) is 0 Å². The summed E-state index contributed by atoms with van der Waals surface area (Å²) in [5.41, 5.74) is 0.104. The maximum absolute atomic E-state index is 5.48. The SMILES string of the molecule is CN=C(NCC(C)(C)N1CCOCC1)NC1CCN(C2CCCC2)C1. The number of hydrogen-bond acceptors (Lipinski definition) is 4.